The van der Waals surface area contributed by atoms with Crippen LogP contribution in [-0.2, 0) is 22.4 Å². The molecule has 0 aromatic heterocycles. The van der Waals surface area contributed by atoms with Crippen LogP contribution in [0.25, 0.3) is 10.4 Å². The molecule has 0 aliphatic carbocycles. The third-order valence-corrected chi connectivity index (χ3v) is 7.37. The largest absolute Gasteiger partial charge is 0.494 e. The van der Waals surface area contributed by atoms with Crippen molar-refractivity contribution in [3.63, 3.8) is 0 Å². The summed E-state index contributed by atoms with van der Waals surface area (Å²) in [4.78, 5) is 22.3. The predicted octanol–water partition coefficient (Wildman–Crippen LogP) is 5.89. The van der Waals surface area contributed by atoms with Gasteiger partial charge in [0.1, 0.15) is 11.6 Å². The quantitative estimate of drug-likeness (QED) is 0.0538. The Morgan fingerprint density at radius 2 is 1.82 bits per heavy atom. The summed E-state index contributed by atoms with van der Waals surface area (Å²) in [5, 5.41) is 12.9. The van der Waals surface area contributed by atoms with Crippen LogP contribution < -0.4 is 15.6 Å². The van der Waals surface area contributed by atoms with Gasteiger partial charge in [-0.15, -0.1) is 0 Å². The molecule has 0 unspecified atom stereocenters. The zero-order chi connectivity index (χ0) is 31.5. The minimum Gasteiger partial charge on any atom is -0.494 e. The lowest BCUT2D eigenvalue weighted by molar-refractivity contribution is -0.130. The van der Waals surface area contributed by atoms with Crippen molar-refractivity contribution in [2.24, 2.45) is 10.1 Å². The van der Waals surface area contributed by atoms with E-state index in [1.807, 2.05) is 42.5 Å². The van der Waals surface area contributed by atoms with Gasteiger partial charge in [0, 0.05) is 42.2 Å². The van der Waals surface area contributed by atoms with Gasteiger partial charge in [-0.2, -0.15) is 0 Å². The lowest BCUT2D eigenvalue weighted by Gasteiger charge is -2.31. The van der Waals surface area contributed by atoms with Crippen LogP contribution in [0.4, 0.5) is 10.1 Å². The van der Waals surface area contributed by atoms with Crippen LogP contribution in [0, 0.1) is 5.82 Å². The first-order valence-corrected chi connectivity index (χ1v) is 14.6. The van der Waals surface area contributed by atoms with E-state index in [0.717, 1.165) is 11.1 Å². The molecule has 1 aliphatic rings. The molecule has 11 heteroatoms. The predicted molar refractivity (Wildman–Crippen MR) is 168 cm³/mol. The number of rotatable bonds is 14. The molecule has 1 amide bonds. The monoisotopic (exact) mass is 608 g/mol. The fourth-order valence-electron chi connectivity index (χ4n) is 5.16. The first-order chi connectivity index (χ1) is 22.0. The lowest BCUT2D eigenvalue weighted by atomic mass is 9.81. The van der Waals surface area contributed by atoms with Crippen molar-refractivity contribution in [3.8, 4) is 5.75 Å². The highest BCUT2D eigenvalue weighted by Gasteiger charge is 2.53. The maximum absolute atomic E-state index is 14.3. The molecule has 0 saturated carbocycles. The summed E-state index contributed by atoms with van der Waals surface area (Å²) in [5.74, 6) is 0.113. The van der Waals surface area contributed by atoms with Crippen LogP contribution in [0.1, 0.15) is 34.8 Å². The Bertz CT molecular complexity index is 1680. The van der Waals surface area contributed by atoms with Gasteiger partial charge in [-0.3, -0.25) is 10.2 Å². The smallest absolute Gasteiger partial charge is 0.266 e. The molecule has 3 N–H and O–H groups in total. The normalized spacial score (nSPS) is 17.1. The average molecular weight is 609 g/mol. The molecule has 0 bridgehead atoms. The molecule has 0 saturated heterocycles. The summed E-state index contributed by atoms with van der Waals surface area (Å²) in [5.41, 5.74) is 16.6. The molecule has 4 aromatic carbocycles. The highest BCUT2D eigenvalue weighted by Crippen LogP contribution is 2.43. The minimum atomic E-state index is -1.51. The topological polar surface area (TPSA) is 141 Å². The molecule has 2 atom stereocenters. The van der Waals surface area contributed by atoms with Crippen molar-refractivity contribution in [1.29, 1.82) is 0 Å². The number of aliphatic hydroxyl groups excluding tert-OH is 1. The molecule has 5 rings (SSSR count). The second kappa shape index (κ2) is 15.0. The fraction of sp³-hybridized carbons (Fsp3) is 0.235. The van der Waals surface area contributed by atoms with E-state index < -0.39 is 17.6 Å². The number of hydrogen-bond donors (Lipinski definition) is 3. The van der Waals surface area contributed by atoms with Crippen molar-refractivity contribution < 1.29 is 23.8 Å². The maximum atomic E-state index is 14.3. The Balaban J connectivity index is 1.50. The average Bonchev–Trinajstić information content (AvgIpc) is 3.45. The number of carbonyl (C=O) groups excluding carboxylic acids is 1. The van der Waals surface area contributed by atoms with E-state index in [4.69, 9.17) is 19.6 Å². The third-order valence-electron chi connectivity index (χ3n) is 7.37. The van der Waals surface area contributed by atoms with Crippen LogP contribution in [0.2, 0.25) is 0 Å². The van der Waals surface area contributed by atoms with E-state index in [0.29, 0.717) is 48.6 Å². The highest BCUT2D eigenvalue weighted by molar-refractivity contribution is 6.01. The number of nitrogens with zero attached hydrogens (tertiary/aromatic N) is 4. The van der Waals surface area contributed by atoms with E-state index in [2.05, 4.69) is 20.9 Å². The maximum Gasteiger partial charge on any atom is 0.266 e. The zero-order valence-electron chi connectivity index (χ0n) is 24.5. The van der Waals surface area contributed by atoms with Crippen molar-refractivity contribution in [2.45, 2.75) is 30.9 Å². The first kappa shape index (κ1) is 31.2. The second-order valence-corrected chi connectivity index (χ2v) is 10.5. The van der Waals surface area contributed by atoms with E-state index in [9.17, 15) is 14.7 Å². The summed E-state index contributed by atoms with van der Waals surface area (Å²) in [6.07, 6.45) is 0.218. The highest BCUT2D eigenvalue weighted by atomic mass is 19.1. The van der Waals surface area contributed by atoms with Crippen LogP contribution in [0.3, 0.4) is 0 Å². The summed E-state index contributed by atoms with van der Waals surface area (Å²) in [6, 6.07) is 29.9. The number of aliphatic hydroxyl groups is 1. The molecule has 45 heavy (non-hydrogen) atoms. The summed E-state index contributed by atoms with van der Waals surface area (Å²) < 4.78 is 25.8. The number of hydrogen-bond acceptors (Lipinski definition) is 7. The molecule has 1 aliphatic heterocycles. The van der Waals surface area contributed by atoms with Crippen molar-refractivity contribution in [1.82, 2.24) is 10.9 Å². The Hall–Kier alpha value is -5.22. The Kier molecular flexibility index (Phi) is 10.4. The molecule has 1 heterocycles. The lowest BCUT2D eigenvalue weighted by Crippen LogP contribution is -2.54. The summed E-state index contributed by atoms with van der Waals surface area (Å²) in [7, 11) is 0. The van der Waals surface area contributed by atoms with Gasteiger partial charge in [-0.25, -0.2) is 14.8 Å². The second-order valence-electron chi connectivity index (χ2n) is 10.5. The summed E-state index contributed by atoms with van der Waals surface area (Å²) in [6.45, 7) is 0.755. The Labute approximate surface area is 260 Å². The Morgan fingerprint density at radius 1 is 1.04 bits per heavy atom. The van der Waals surface area contributed by atoms with E-state index in [1.54, 1.807) is 48.5 Å². The molecule has 10 nitrogen and oxygen atoms in total. The SMILES string of the molecule is [N-]=[N+]=Nc1ccccc1C[C@]1(C(=O)NNCCc2cccc(F)c2)N=C(c2ccc(OCCCO)cc2)O[C@H]1c1ccccc1. The Morgan fingerprint density at radius 3 is 2.58 bits per heavy atom. The first-order valence-electron chi connectivity index (χ1n) is 14.6. The number of amides is 1. The van der Waals surface area contributed by atoms with E-state index in [-0.39, 0.29) is 24.7 Å². The standard InChI is InChI=1S/C34H33FN6O4/c35-28-12-6-8-24(22-28)18-19-37-40-33(43)34(23-27-11-4-5-13-30(27)39-41-36)31(25-9-2-1-3-10-25)45-32(38-34)26-14-16-29(17-15-26)44-21-7-20-42/h1-6,8-17,22,31,37,42H,7,18-21,23H2,(H,40,43)/t31-,34-/m0/s1. The molecular weight excluding hydrogens is 575 g/mol. The molecule has 230 valence electrons. The number of benzene rings is 4. The van der Waals surface area contributed by atoms with Crippen molar-refractivity contribution in [2.75, 3.05) is 19.8 Å². The van der Waals surface area contributed by atoms with Crippen LogP contribution in [-0.4, -0.2) is 42.2 Å². The third kappa shape index (κ3) is 7.66. The fourth-order valence-corrected chi connectivity index (χ4v) is 5.16. The van der Waals surface area contributed by atoms with Gasteiger partial charge in [-0.1, -0.05) is 71.8 Å². The van der Waals surface area contributed by atoms with Gasteiger partial charge in [-0.05, 0) is 65.0 Å². The number of halogens is 1. The van der Waals surface area contributed by atoms with Gasteiger partial charge in [0.05, 0.1) is 6.61 Å². The van der Waals surface area contributed by atoms with Gasteiger partial charge in [0.25, 0.3) is 5.91 Å². The number of ether oxygens (including phenoxy) is 2. The summed E-state index contributed by atoms with van der Waals surface area (Å²) >= 11 is 0. The minimum absolute atomic E-state index is 0.0379. The van der Waals surface area contributed by atoms with Gasteiger partial charge >= 0.3 is 0 Å². The van der Waals surface area contributed by atoms with Gasteiger partial charge in [0.2, 0.25) is 5.90 Å². The molecule has 4 aromatic rings. The van der Waals surface area contributed by atoms with Crippen LogP contribution in [0.5, 0.6) is 5.75 Å². The van der Waals surface area contributed by atoms with E-state index in [1.165, 1.54) is 12.1 Å². The molecular formula is C34H33FN6O4. The van der Waals surface area contributed by atoms with Crippen molar-refractivity contribution in [3.05, 3.63) is 142 Å². The molecule has 0 fully saturated rings. The van der Waals surface area contributed by atoms with Crippen molar-refractivity contribution >= 4 is 17.5 Å². The zero-order valence-corrected chi connectivity index (χ0v) is 24.5. The van der Waals surface area contributed by atoms with Gasteiger partial charge < -0.3 is 14.6 Å². The number of nitrogens with one attached hydrogen (secondary N) is 2. The number of hydrazine groups is 1. The van der Waals surface area contributed by atoms with E-state index >= 15 is 0 Å². The number of azide groups is 1. The van der Waals surface area contributed by atoms with Gasteiger partial charge in [0.15, 0.2) is 11.6 Å². The molecule has 0 radical (unpaired) electrons. The van der Waals surface area contributed by atoms with Crippen LogP contribution in [0.15, 0.2) is 113 Å². The van der Waals surface area contributed by atoms with Crippen LogP contribution >= 0.6 is 0 Å². The molecule has 0 spiro atoms. The number of aliphatic imine (C=N–C) groups is 1. The number of carbonyl (C=O) groups is 1.